The van der Waals surface area contributed by atoms with Gasteiger partial charge < -0.3 is 21.3 Å². The Bertz CT molecular complexity index is 8570. The second-order valence-electron chi connectivity index (χ2n) is 41.5. The molecule has 8 aromatic heterocycles. The maximum absolute atomic E-state index is 15.1. The molecule has 22 heteroatoms. The second kappa shape index (κ2) is 43.0. The number of non-ortho nitro benzene ring substituents is 2. The van der Waals surface area contributed by atoms with Crippen LogP contribution in [0.4, 0.5) is 34.1 Å². The third-order valence-electron chi connectivity index (χ3n) is 31.5. The van der Waals surface area contributed by atoms with Crippen molar-refractivity contribution in [1.29, 1.82) is 0 Å². The first kappa shape index (κ1) is 97.7. The number of nitrogens with two attached hydrogens (primary N) is 2. The van der Waals surface area contributed by atoms with Crippen LogP contribution in [-0.2, 0) is 0 Å². The summed E-state index contributed by atoms with van der Waals surface area (Å²) in [7, 11) is 0. The number of nitrogen functional groups attached to an aromatic ring is 2. The highest BCUT2D eigenvalue weighted by Gasteiger charge is 2.32. The molecule has 21 aromatic rings. The minimum Gasteiger partial charge on any atom is -0.397 e. The van der Waals surface area contributed by atoms with Crippen molar-refractivity contribution in [3.8, 4) is 11.1 Å². The largest absolute Gasteiger partial charge is 0.397 e. The molecule has 742 valence electrons. The van der Waals surface area contributed by atoms with Crippen molar-refractivity contribution in [3.63, 3.8) is 0 Å². The molecule has 0 radical (unpaired) electrons. The van der Waals surface area contributed by atoms with Crippen molar-refractivity contribution in [2.24, 2.45) is 0 Å². The van der Waals surface area contributed by atoms with Gasteiger partial charge in [0.05, 0.1) is 43.3 Å². The van der Waals surface area contributed by atoms with Crippen molar-refractivity contribution in [3.05, 3.63) is 230 Å². The summed E-state index contributed by atoms with van der Waals surface area (Å²) in [6, 6.07) is 50.9. The number of imidazole rings is 4. The fourth-order valence-corrected chi connectivity index (χ4v) is 24.2. The molecule has 21 rings (SSSR count). The molecule has 22 nitrogen and oxygen atoms in total. The van der Waals surface area contributed by atoms with Crippen molar-refractivity contribution in [1.82, 2.24) is 37.5 Å². The van der Waals surface area contributed by atoms with E-state index in [1.165, 1.54) is 205 Å². The standard InChI is InChI=1S/C61H67N7O4.C61H69N7O4/c1-4-6-8-10-12-14-16-18-20-22-32-65(33-23-21-19-17-15-13-11-9-7-5-2)39-36-50-57(51(37-39)68(71)72)64-59-45-29-25-41-40-24-28-44-54-46(60(69)66-49-35-38(3)34-48(62)56(49)63-58(44)66)30-26-42(52(40)54)43-27-31-47(55(45)53(41)43)61(70)67(50)59;1-4-6-8-10-12-14-16-18-20-22-34-65(35-23-21-19-17-15-13-11-9-7-5-2)41-38-52-57(53(39-41)68(71)72)64-59-47-29-25-27-45-43(31-33-49(55(45)47)61(70)67(52)59)42-30-32-48-54-44(42)26-24-28-46(54)58-63-56-50(62)36-40(3)37-51(56)66(58)60(48)69/h24-31,34-37H,4-23,32-33,62H2,1-3H3;24-33,36-39H,4-23,34-35,62H2,1-3H3. The first-order chi connectivity index (χ1) is 70.4. The molecule has 144 heavy (non-hydrogen) atoms. The van der Waals surface area contributed by atoms with E-state index in [0.717, 1.165) is 197 Å². The first-order valence-corrected chi connectivity index (χ1v) is 54.4. The molecule has 4 N–H and O–H groups in total. The van der Waals surface area contributed by atoms with Crippen molar-refractivity contribution < 1.29 is 9.85 Å². The number of benzene rings is 13. The van der Waals surface area contributed by atoms with Crippen LogP contribution in [0.2, 0.25) is 0 Å². The summed E-state index contributed by atoms with van der Waals surface area (Å²) in [4.78, 5) is 109. The Kier molecular flexibility index (Phi) is 29.2. The van der Waals surface area contributed by atoms with Crippen LogP contribution in [0.25, 0.3) is 186 Å². The second-order valence-corrected chi connectivity index (χ2v) is 41.5. The number of nitro groups is 2. The number of anilines is 4. The summed E-state index contributed by atoms with van der Waals surface area (Å²) in [5.41, 5.74) is 24.1. The molecule has 0 bridgehead atoms. The molecule has 0 saturated heterocycles. The van der Waals surface area contributed by atoms with E-state index < -0.39 is 0 Å². The van der Waals surface area contributed by atoms with Crippen LogP contribution in [-0.4, -0.2) is 73.6 Å². The van der Waals surface area contributed by atoms with Gasteiger partial charge in [0.2, 0.25) is 0 Å². The number of aryl methyl sites for hydroxylation is 2. The van der Waals surface area contributed by atoms with Gasteiger partial charge in [0, 0.05) is 114 Å². The van der Waals surface area contributed by atoms with Crippen molar-refractivity contribution in [2.75, 3.05) is 47.4 Å². The van der Waals surface area contributed by atoms with Gasteiger partial charge in [-0.25, -0.2) is 19.9 Å². The highest BCUT2D eigenvalue weighted by molar-refractivity contribution is 6.41. The molecule has 0 saturated carbocycles. The van der Waals surface area contributed by atoms with E-state index in [4.69, 9.17) is 31.4 Å². The number of hydrogen-bond acceptors (Lipinski definition) is 16. The van der Waals surface area contributed by atoms with E-state index in [0.29, 0.717) is 88.6 Å². The fourth-order valence-electron chi connectivity index (χ4n) is 24.2. The van der Waals surface area contributed by atoms with Gasteiger partial charge in [0.15, 0.2) is 11.0 Å². The van der Waals surface area contributed by atoms with Gasteiger partial charge in [-0.15, -0.1) is 0 Å². The van der Waals surface area contributed by atoms with E-state index in [1.54, 1.807) is 29.7 Å². The maximum Gasteiger partial charge on any atom is 0.299 e. The number of pyridine rings is 4. The zero-order valence-electron chi connectivity index (χ0n) is 84.9. The average molecular weight is 1930 g/mol. The van der Waals surface area contributed by atoms with Crippen LogP contribution in [0.3, 0.4) is 0 Å². The zero-order valence-corrected chi connectivity index (χ0v) is 84.9. The van der Waals surface area contributed by atoms with Gasteiger partial charge in [0.25, 0.3) is 33.6 Å². The molecule has 0 unspecified atom stereocenters. The molecule has 13 aromatic carbocycles. The molecule has 0 amide bonds. The Hall–Kier alpha value is -13.8. The fraction of sp³-hybridized carbons (Fsp3) is 0.410. The summed E-state index contributed by atoms with van der Waals surface area (Å²) in [6.07, 6.45) is 49.6. The van der Waals surface area contributed by atoms with Gasteiger partial charge >= 0.3 is 0 Å². The summed E-state index contributed by atoms with van der Waals surface area (Å²) < 4.78 is 6.60. The lowest BCUT2D eigenvalue weighted by molar-refractivity contribution is -0.383. The number of rotatable bonds is 49. The minimum absolute atomic E-state index is 0.0818. The average Bonchev–Trinajstić information content (AvgIpc) is 1.55. The van der Waals surface area contributed by atoms with Gasteiger partial charge in [0.1, 0.15) is 33.6 Å². The Balaban J connectivity index is 0.000000176. The van der Waals surface area contributed by atoms with E-state index in [1.807, 2.05) is 141 Å². The quantitative estimate of drug-likeness (QED) is 0.00895. The van der Waals surface area contributed by atoms with Crippen LogP contribution in [0.5, 0.6) is 0 Å². The predicted molar refractivity (Wildman–Crippen MR) is 603 cm³/mol. The highest BCUT2D eigenvalue weighted by atomic mass is 16.6. The molecule has 0 aliphatic carbocycles. The minimum atomic E-state index is -0.339. The molecule has 8 heterocycles. The molecular formula is C122H136N14O8. The van der Waals surface area contributed by atoms with E-state index in [2.05, 4.69) is 55.7 Å². The van der Waals surface area contributed by atoms with Crippen LogP contribution >= 0.6 is 0 Å². The van der Waals surface area contributed by atoms with E-state index in [-0.39, 0.29) is 54.5 Å². The van der Waals surface area contributed by atoms with Gasteiger partial charge in [-0.1, -0.05) is 332 Å². The first-order valence-electron chi connectivity index (χ1n) is 54.4. The van der Waals surface area contributed by atoms with E-state index >= 15 is 9.59 Å². The van der Waals surface area contributed by atoms with Gasteiger partial charge in [-0.3, -0.25) is 57.0 Å². The lowest BCUT2D eigenvalue weighted by Crippen LogP contribution is -2.26. The summed E-state index contributed by atoms with van der Waals surface area (Å²) in [5, 5.41) is 42.2. The Morgan fingerprint density at radius 3 is 0.785 bits per heavy atom. The van der Waals surface area contributed by atoms with Crippen LogP contribution in [0, 0.1) is 34.1 Å². The van der Waals surface area contributed by atoms with E-state index in [9.17, 15) is 29.8 Å². The van der Waals surface area contributed by atoms with Crippen LogP contribution in [0.1, 0.15) is 296 Å². The molecule has 0 atom stereocenters. The maximum atomic E-state index is 15.1. The Morgan fingerprint density at radius 1 is 0.264 bits per heavy atom. The zero-order chi connectivity index (χ0) is 99.5. The molecular weight excluding hydrogens is 1790 g/mol. The summed E-state index contributed by atoms with van der Waals surface area (Å²) in [6.45, 7) is 16.2. The Labute approximate surface area is 838 Å². The number of nitrogens with zero attached hydrogens (tertiary/aromatic N) is 12. The smallest absolute Gasteiger partial charge is 0.299 e. The molecule has 0 fully saturated rings. The Morgan fingerprint density at radius 2 is 0.493 bits per heavy atom. The topological polar surface area (TPSA) is 282 Å². The van der Waals surface area contributed by atoms with Crippen LogP contribution < -0.4 is 43.5 Å². The van der Waals surface area contributed by atoms with Gasteiger partial charge in [-0.05, 0) is 178 Å². The number of unbranched alkanes of at least 4 members (excludes halogenated alkanes) is 36. The SMILES string of the molecule is CCCCCCCCCCCCN(CCCCCCCCCCCC)c1cc([N+](=O)[O-])c2nc3c4ccc5c6ccc7c8c(ccc(c9ccc(c(=O)n3c2c1)c4c95)c68)c(=O)n1c2cc(C)cc(N)c2nc71.CCCCCCCCCCCCN(CCCCCCCCCCCC)c1cc([N+](=O)[O-])c2nc3c4cccc5c(-c6ccc7c(=O)n8c9cc(C)cc(N)c9nc8c8cccc6c78)ccc(c(=O)n3c2c1)c54. The number of aromatic nitrogens is 8. The van der Waals surface area contributed by atoms with Gasteiger partial charge in [-0.2, -0.15) is 0 Å². The number of nitro benzene ring substituents is 2. The third-order valence-corrected chi connectivity index (χ3v) is 31.5. The van der Waals surface area contributed by atoms with Crippen molar-refractivity contribution >= 4 is 209 Å². The van der Waals surface area contributed by atoms with Crippen LogP contribution in [0.15, 0.2) is 177 Å². The molecule has 0 aliphatic rings. The normalized spacial score (nSPS) is 12.3. The third kappa shape index (κ3) is 18.4. The lowest BCUT2D eigenvalue weighted by Gasteiger charge is -2.25. The molecule has 0 spiro atoms. The number of hydrogen-bond donors (Lipinski definition) is 2. The number of fused-ring (bicyclic) bond motifs is 18. The van der Waals surface area contributed by atoms with Crippen molar-refractivity contribution in [2.45, 2.75) is 298 Å². The monoisotopic (exact) mass is 1930 g/mol. The summed E-state index contributed by atoms with van der Waals surface area (Å²) >= 11 is 0. The summed E-state index contributed by atoms with van der Waals surface area (Å²) in [5.74, 6) is 0. The predicted octanol–water partition coefficient (Wildman–Crippen LogP) is 31.3. The highest BCUT2D eigenvalue weighted by Crippen LogP contribution is 2.49. The lowest BCUT2D eigenvalue weighted by atomic mass is 9.86. The molecule has 0 aliphatic heterocycles.